The molecule has 0 fully saturated rings. The molecule has 0 radical (unpaired) electrons. The van der Waals surface area contributed by atoms with Gasteiger partial charge in [-0.05, 0) is 71.6 Å². The van der Waals surface area contributed by atoms with Gasteiger partial charge in [-0.15, -0.1) is 0 Å². The van der Waals surface area contributed by atoms with E-state index in [0.29, 0.717) is 0 Å². The van der Waals surface area contributed by atoms with E-state index in [1.807, 2.05) is 0 Å². The maximum Gasteiger partial charge on any atom is -0.0178 e. The van der Waals surface area contributed by atoms with Crippen molar-refractivity contribution in [3.63, 3.8) is 0 Å². The third-order valence-electron chi connectivity index (χ3n) is 6.58. The standard InChI is InChI=1S/C28H40/c1-3-5-7-8-9-10-12-23-13-16-25(17-14-23)27-20-19-26-21-24(11-6-4-2)15-18-28(26)22-27/h15-16,18-23H,3-14,17H2,1-2H3. The van der Waals surface area contributed by atoms with Crippen LogP contribution in [0.25, 0.3) is 16.3 Å². The lowest BCUT2D eigenvalue weighted by Crippen LogP contribution is -2.05. The highest BCUT2D eigenvalue weighted by molar-refractivity contribution is 5.87. The minimum absolute atomic E-state index is 0.927. The van der Waals surface area contributed by atoms with Crippen LogP contribution in [-0.2, 0) is 6.42 Å². The van der Waals surface area contributed by atoms with Gasteiger partial charge < -0.3 is 0 Å². The molecule has 3 rings (SSSR count). The molecule has 152 valence electrons. The van der Waals surface area contributed by atoms with Crippen LogP contribution in [0.5, 0.6) is 0 Å². The lowest BCUT2D eigenvalue weighted by atomic mass is 9.83. The number of hydrogen-bond acceptors (Lipinski definition) is 0. The summed E-state index contributed by atoms with van der Waals surface area (Å²) in [6, 6.07) is 14.1. The Balaban J connectivity index is 1.52. The number of unbranched alkanes of at least 4 members (excludes halogenated alkanes) is 6. The summed E-state index contributed by atoms with van der Waals surface area (Å²) in [5.74, 6) is 0.927. The SMILES string of the molecule is CCCCCCCCC1CC=C(c2ccc3cc(CCCC)ccc3c2)CC1. The zero-order valence-corrected chi connectivity index (χ0v) is 18.3. The van der Waals surface area contributed by atoms with E-state index < -0.39 is 0 Å². The number of allylic oxidation sites excluding steroid dienone is 2. The molecule has 1 aliphatic carbocycles. The van der Waals surface area contributed by atoms with Gasteiger partial charge in [0.05, 0.1) is 0 Å². The Morgan fingerprint density at radius 2 is 1.54 bits per heavy atom. The van der Waals surface area contributed by atoms with Crippen LogP contribution in [0.3, 0.4) is 0 Å². The molecule has 1 atom stereocenters. The van der Waals surface area contributed by atoms with Crippen molar-refractivity contribution in [1.29, 1.82) is 0 Å². The van der Waals surface area contributed by atoms with Crippen molar-refractivity contribution < 1.29 is 0 Å². The van der Waals surface area contributed by atoms with Crippen LogP contribution in [0.1, 0.15) is 102 Å². The molecule has 0 spiro atoms. The second-order valence-corrected chi connectivity index (χ2v) is 8.93. The van der Waals surface area contributed by atoms with Gasteiger partial charge in [0.15, 0.2) is 0 Å². The van der Waals surface area contributed by atoms with E-state index in [4.69, 9.17) is 0 Å². The highest BCUT2D eigenvalue weighted by atomic mass is 14.2. The van der Waals surface area contributed by atoms with E-state index in [1.165, 1.54) is 105 Å². The monoisotopic (exact) mass is 376 g/mol. The Kier molecular flexibility index (Phi) is 8.65. The van der Waals surface area contributed by atoms with E-state index >= 15 is 0 Å². The van der Waals surface area contributed by atoms with E-state index in [2.05, 4.69) is 56.3 Å². The van der Waals surface area contributed by atoms with Gasteiger partial charge in [0, 0.05) is 0 Å². The lowest BCUT2D eigenvalue weighted by molar-refractivity contribution is 0.423. The third-order valence-corrected chi connectivity index (χ3v) is 6.58. The van der Waals surface area contributed by atoms with Crippen LogP contribution in [0, 0.1) is 5.92 Å². The first-order valence-corrected chi connectivity index (χ1v) is 12.0. The summed E-state index contributed by atoms with van der Waals surface area (Å²) in [4.78, 5) is 0. The first kappa shape index (κ1) is 21.2. The average Bonchev–Trinajstić information content (AvgIpc) is 2.74. The van der Waals surface area contributed by atoms with Crippen molar-refractivity contribution >= 4 is 16.3 Å². The van der Waals surface area contributed by atoms with Crippen LogP contribution in [0.15, 0.2) is 42.5 Å². The number of rotatable bonds is 11. The number of aryl methyl sites for hydroxylation is 1. The molecule has 2 aromatic rings. The van der Waals surface area contributed by atoms with Crippen molar-refractivity contribution in [3.05, 3.63) is 53.6 Å². The second-order valence-electron chi connectivity index (χ2n) is 8.93. The van der Waals surface area contributed by atoms with E-state index in [0.717, 1.165) is 5.92 Å². The molecule has 0 N–H and O–H groups in total. The molecule has 0 bridgehead atoms. The lowest BCUT2D eigenvalue weighted by Gasteiger charge is -2.22. The van der Waals surface area contributed by atoms with E-state index in [9.17, 15) is 0 Å². The summed E-state index contributed by atoms with van der Waals surface area (Å²) in [7, 11) is 0. The van der Waals surface area contributed by atoms with Crippen molar-refractivity contribution in [3.8, 4) is 0 Å². The fraction of sp³-hybridized carbons (Fsp3) is 0.571. The number of fused-ring (bicyclic) bond motifs is 1. The predicted octanol–water partition coefficient (Wildman–Crippen LogP) is 9.12. The Morgan fingerprint density at radius 3 is 2.32 bits per heavy atom. The summed E-state index contributed by atoms with van der Waals surface area (Å²) in [6.07, 6.45) is 20.2. The van der Waals surface area contributed by atoms with Crippen LogP contribution >= 0.6 is 0 Å². The highest BCUT2D eigenvalue weighted by Gasteiger charge is 2.15. The van der Waals surface area contributed by atoms with Gasteiger partial charge >= 0.3 is 0 Å². The molecule has 0 aromatic heterocycles. The normalized spacial score (nSPS) is 17.1. The fourth-order valence-corrected chi connectivity index (χ4v) is 4.66. The minimum atomic E-state index is 0.927. The molecule has 0 saturated carbocycles. The van der Waals surface area contributed by atoms with E-state index in [-0.39, 0.29) is 0 Å². The minimum Gasteiger partial charge on any atom is -0.0804 e. The number of benzene rings is 2. The summed E-state index contributed by atoms with van der Waals surface area (Å²) in [5, 5.41) is 2.79. The molecule has 0 nitrogen and oxygen atoms in total. The van der Waals surface area contributed by atoms with Crippen molar-refractivity contribution in [2.45, 2.75) is 97.3 Å². The molecule has 0 amide bonds. The van der Waals surface area contributed by atoms with Gasteiger partial charge in [-0.3, -0.25) is 0 Å². The van der Waals surface area contributed by atoms with Crippen molar-refractivity contribution in [2.75, 3.05) is 0 Å². The first-order chi connectivity index (χ1) is 13.8. The van der Waals surface area contributed by atoms with Gasteiger partial charge in [0.25, 0.3) is 0 Å². The molecule has 0 heteroatoms. The van der Waals surface area contributed by atoms with Gasteiger partial charge in [-0.25, -0.2) is 0 Å². The van der Waals surface area contributed by atoms with Crippen LogP contribution < -0.4 is 0 Å². The number of hydrogen-bond donors (Lipinski definition) is 0. The third kappa shape index (κ3) is 6.23. The highest BCUT2D eigenvalue weighted by Crippen LogP contribution is 2.34. The Bertz CT molecular complexity index is 752. The molecule has 0 aliphatic heterocycles. The molecular weight excluding hydrogens is 336 g/mol. The second kappa shape index (κ2) is 11.4. The molecule has 28 heavy (non-hydrogen) atoms. The topological polar surface area (TPSA) is 0 Å². The average molecular weight is 377 g/mol. The zero-order valence-electron chi connectivity index (χ0n) is 18.3. The fourth-order valence-electron chi connectivity index (χ4n) is 4.66. The zero-order chi connectivity index (χ0) is 19.6. The molecule has 0 saturated heterocycles. The van der Waals surface area contributed by atoms with Crippen molar-refractivity contribution in [1.82, 2.24) is 0 Å². The quantitative estimate of drug-likeness (QED) is 0.343. The van der Waals surface area contributed by atoms with Crippen LogP contribution in [0.2, 0.25) is 0 Å². The van der Waals surface area contributed by atoms with Gasteiger partial charge in [-0.1, -0.05) is 102 Å². The first-order valence-electron chi connectivity index (χ1n) is 12.0. The molecule has 1 aliphatic rings. The molecule has 0 heterocycles. The molecule has 1 unspecified atom stereocenters. The largest absolute Gasteiger partial charge is 0.0804 e. The summed E-state index contributed by atoms with van der Waals surface area (Å²) < 4.78 is 0. The Morgan fingerprint density at radius 1 is 0.786 bits per heavy atom. The van der Waals surface area contributed by atoms with Gasteiger partial charge in [-0.2, -0.15) is 0 Å². The maximum atomic E-state index is 2.54. The predicted molar refractivity (Wildman–Crippen MR) is 126 cm³/mol. The van der Waals surface area contributed by atoms with E-state index in [1.54, 1.807) is 5.57 Å². The van der Waals surface area contributed by atoms with Crippen LogP contribution in [-0.4, -0.2) is 0 Å². The molecule has 2 aromatic carbocycles. The smallest absolute Gasteiger partial charge is 0.0178 e. The van der Waals surface area contributed by atoms with Gasteiger partial charge in [0.2, 0.25) is 0 Å². The van der Waals surface area contributed by atoms with Crippen LogP contribution in [0.4, 0.5) is 0 Å². The Labute approximate surface area is 173 Å². The summed E-state index contributed by atoms with van der Waals surface area (Å²) in [6.45, 7) is 4.57. The maximum absolute atomic E-state index is 2.54. The van der Waals surface area contributed by atoms with Crippen molar-refractivity contribution in [2.24, 2.45) is 5.92 Å². The Hall–Kier alpha value is -1.56. The summed E-state index contributed by atoms with van der Waals surface area (Å²) >= 11 is 0. The van der Waals surface area contributed by atoms with Gasteiger partial charge in [0.1, 0.15) is 0 Å². The molecular formula is C28H40. The summed E-state index contributed by atoms with van der Waals surface area (Å²) in [5.41, 5.74) is 4.51.